The third kappa shape index (κ3) is 3.65. The Morgan fingerprint density at radius 1 is 0.889 bits per heavy atom. The Morgan fingerprint density at radius 2 is 1.59 bits per heavy atom. The van der Waals surface area contributed by atoms with Crippen LogP contribution in [0.15, 0.2) is 41.4 Å². The molecule has 9 heteroatoms. The SMILES string of the molecule is COc1ccc(S(=O)(=O)N2CCN(c3ccccn3)CC2)c(OC)c1OC. The molecular formula is C18H23N3O5S. The lowest BCUT2D eigenvalue weighted by atomic mass is 10.3. The topological polar surface area (TPSA) is 81.2 Å². The lowest BCUT2D eigenvalue weighted by Crippen LogP contribution is -2.48. The van der Waals surface area contributed by atoms with Gasteiger partial charge in [-0.2, -0.15) is 4.31 Å². The van der Waals surface area contributed by atoms with E-state index in [2.05, 4.69) is 9.88 Å². The van der Waals surface area contributed by atoms with Crippen molar-refractivity contribution in [3.8, 4) is 17.2 Å². The van der Waals surface area contributed by atoms with Gasteiger partial charge in [0.25, 0.3) is 0 Å². The van der Waals surface area contributed by atoms with E-state index in [1.807, 2.05) is 18.2 Å². The van der Waals surface area contributed by atoms with E-state index in [0.29, 0.717) is 31.9 Å². The van der Waals surface area contributed by atoms with Gasteiger partial charge in [0.1, 0.15) is 10.7 Å². The number of rotatable bonds is 6. The molecule has 2 heterocycles. The number of sulfonamides is 1. The molecule has 3 rings (SSSR count). The standard InChI is InChI=1S/C18H23N3O5S/c1-24-14-7-8-15(18(26-3)17(14)25-2)27(22,23)21-12-10-20(11-13-21)16-6-4-5-9-19-16/h4-9H,10-13H2,1-3H3. The molecule has 1 aliphatic rings. The molecule has 0 saturated carbocycles. The highest BCUT2D eigenvalue weighted by molar-refractivity contribution is 7.89. The number of methoxy groups -OCH3 is 3. The van der Waals surface area contributed by atoms with Crippen LogP contribution in [0.5, 0.6) is 17.2 Å². The van der Waals surface area contributed by atoms with Gasteiger partial charge in [0.05, 0.1) is 21.3 Å². The van der Waals surface area contributed by atoms with Crippen LogP contribution in [0.2, 0.25) is 0 Å². The quantitative estimate of drug-likeness (QED) is 0.738. The van der Waals surface area contributed by atoms with Crippen LogP contribution in [-0.4, -0.2) is 65.2 Å². The molecule has 1 aromatic heterocycles. The van der Waals surface area contributed by atoms with Crippen molar-refractivity contribution in [3.63, 3.8) is 0 Å². The number of hydrogen-bond acceptors (Lipinski definition) is 7. The normalized spacial score (nSPS) is 15.4. The van der Waals surface area contributed by atoms with E-state index in [4.69, 9.17) is 14.2 Å². The van der Waals surface area contributed by atoms with Gasteiger partial charge in [-0.1, -0.05) is 6.07 Å². The second-order valence-electron chi connectivity index (χ2n) is 5.91. The average Bonchev–Trinajstić information content (AvgIpc) is 2.73. The first-order valence-electron chi connectivity index (χ1n) is 8.48. The van der Waals surface area contributed by atoms with Crippen LogP contribution >= 0.6 is 0 Å². The fourth-order valence-electron chi connectivity index (χ4n) is 3.11. The summed E-state index contributed by atoms with van der Waals surface area (Å²) in [7, 11) is 0.605. The lowest BCUT2D eigenvalue weighted by Gasteiger charge is -2.34. The molecule has 1 fully saturated rings. The van der Waals surface area contributed by atoms with Crippen molar-refractivity contribution in [2.45, 2.75) is 4.90 Å². The molecule has 0 amide bonds. The van der Waals surface area contributed by atoms with Crippen molar-refractivity contribution in [1.82, 2.24) is 9.29 Å². The number of ether oxygens (including phenoxy) is 3. The molecule has 146 valence electrons. The Bertz CT molecular complexity index is 881. The molecule has 0 bridgehead atoms. The number of nitrogens with zero attached hydrogens (tertiary/aromatic N) is 3. The highest BCUT2D eigenvalue weighted by atomic mass is 32.2. The Morgan fingerprint density at radius 3 is 2.15 bits per heavy atom. The number of benzene rings is 1. The van der Waals surface area contributed by atoms with E-state index in [1.165, 1.54) is 31.7 Å². The van der Waals surface area contributed by atoms with Gasteiger partial charge < -0.3 is 19.1 Å². The number of anilines is 1. The summed E-state index contributed by atoms with van der Waals surface area (Å²) in [6.45, 7) is 1.84. The minimum absolute atomic E-state index is 0.0638. The third-order valence-corrected chi connectivity index (χ3v) is 6.42. The molecule has 1 aliphatic heterocycles. The molecule has 0 aliphatic carbocycles. The van der Waals surface area contributed by atoms with Crippen LogP contribution in [0.1, 0.15) is 0 Å². The highest BCUT2D eigenvalue weighted by Gasteiger charge is 2.33. The number of pyridine rings is 1. The van der Waals surface area contributed by atoms with Crippen LogP contribution in [-0.2, 0) is 10.0 Å². The highest BCUT2D eigenvalue weighted by Crippen LogP contribution is 2.42. The van der Waals surface area contributed by atoms with Crippen molar-refractivity contribution in [3.05, 3.63) is 36.5 Å². The smallest absolute Gasteiger partial charge is 0.247 e. The van der Waals surface area contributed by atoms with Crippen LogP contribution in [0.4, 0.5) is 5.82 Å². The monoisotopic (exact) mass is 393 g/mol. The molecule has 1 saturated heterocycles. The zero-order chi connectivity index (χ0) is 19.4. The Labute approximate surface area is 159 Å². The van der Waals surface area contributed by atoms with Gasteiger partial charge in [0.15, 0.2) is 11.5 Å². The van der Waals surface area contributed by atoms with Gasteiger partial charge >= 0.3 is 0 Å². The summed E-state index contributed by atoms with van der Waals surface area (Å²) in [6.07, 6.45) is 1.73. The molecule has 0 radical (unpaired) electrons. The van der Waals surface area contributed by atoms with Gasteiger partial charge in [0, 0.05) is 32.4 Å². The summed E-state index contributed by atoms with van der Waals surface area (Å²) < 4.78 is 43.7. The summed E-state index contributed by atoms with van der Waals surface area (Å²) in [5, 5.41) is 0. The maximum absolute atomic E-state index is 13.2. The van der Waals surface area contributed by atoms with Crippen LogP contribution < -0.4 is 19.1 Å². The van der Waals surface area contributed by atoms with E-state index in [1.54, 1.807) is 12.3 Å². The van der Waals surface area contributed by atoms with Crippen molar-refractivity contribution in [1.29, 1.82) is 0 Å². The third-order valence-electron chi connectivity index (χ3n) is 4.50. The van der Waals surface area contributed by atoms with Crippen molar-refractivity contribution in [2.75, 3.05) is 52.4 Å². The predicted octanol–water partition coefficient (Wildman–Crippen LogP) is 1.62. The first-order valence-corrected chi connectivity index (χ1v) is 9.92. The second-order valence-corrected chi connectivity index (χ2v) is 7.82. The van der Waals surface area contributed by atoms with Crippen molar-refractivity contribution >= 4 is 15.8 Å². The summed E-state index contributed by atoms with van der Waals surface area (Å²) >= 11 is 0. The molecule has 2 aromatic rings. The summed E-state index contributed by atoms with van der Waals surface area (Å²) in [5.41, 5.74) is 0. The first kappa shape index (κ1) is 19.2. The maximum atomic E-state index is 13.2. The Hall–Kier alpha value is -2.52. The van der Waals surface area contributed by atoms with Gasteiger partial charge in [-0.3, -0.25) is 0 Å². The van der Waals surface area contributed by atoms with E-state index in [9.17, 15) is 8.42 Å². The van der Waals surface area contributed by atoms with Crippen LogP contribution in [0.3, 0.4) is 0 Å². The van der Waals surface area contributed by atoms with Crippen molar-refractivity contribution in [2.24, 2.45) is 0 Å². The fourth-order valence-corrected chi connectivity index (χ4v) is 4.69. The number of piperazine rings is 1. The maximum Gasteiger partial charge on any atom is 0.247 e. The second kappa shape index (κ2) is 8.01. The number of aromatic nitrogens is 1. The van der Waals surface area contributed by atoms with E-state index < -0.39 is 10.0 Å². The molecule has 0 spiro atoms. The molecule has 1 aromatic carbocycles. The van der Waals surface area contributed by atoms with Gasteiger partial charge in [-0.05, 0) is 24.3 Å². The summed E-state index contributed by atoms with van der Waals surface area (Å²) in [6, 6.07) is 8.74. The first-order chi connectivity index (χ1) is 13.0. The molecule has 27 heavy (non-hydrogen) atoms. The molecule has 0 atom stereocenters. The van der Waals surface area contributed by atoms with Gasteiger partial charge in [-0.25, -0.2) is 13.4 Å². The lowest BCUT2D eigenvalue weighted by molar-refractivity contribution is 0.316. The van der Waals surface area contributed by atoms with Gasteiger partial charge in [0.2, 0.25) is 15.8 Å². The predicted molar refractivity (Wildman–Crippen MR) is 101 cm³/mol. The zero-order valence-corrected chi connectivity index (χ0v) is 16.4. The fraction of sp³-hybridized carbons (Fsp3) is 0.389. The summed E-state index contributed by atoms with van der Waals surface area (Å²) in [4.78, 5) is 6.46. The average molecular weight is 393 g/mol. The minimum Gasteiger partial charge on any atom is -0.493 e. The minimum atomic E-state index is -3.74. The number of hydrogen-bond donors (Lipinski definition) is 0. The Kier molecular flexibility index (Phi) is 5.71. The molecule has 0 N–H and O–H groups in total. The molecule has 8 nitrogen and oxygen atoms in total. The van der Waals surface area contributed by atoms with E-state index in [-0.39, 0.29) is 16.4 Å². The van der Waals surface area contributed by atoms with E-state index in [0.717, 1.165) is 5.82 Å². The summed E-state index contributed by atoms with van der Waals surface area (Å²) in [5.74, 6) is 1.66. The Balaban J connectivity index is 1.85. The zero-order valence-electron chi connectivity index (χ0n) is 15.6. The molecule has 0 unspecified atom stereocenters. The van der Waals surface area contributed by atoms with Crippen LogP contribution in [0.25, 0.3) is 0 Å². The van der Waals surface area contributed by atoms with E-state index >= 15 is 0 Å². The van der Waals surface area contributed by atoms with Crippen molar-refractivity contribution < 1.29 is 22.6 Å². The van der Waals surface area contributed by atoms with Gasteiger partial charge in [-0.15, -0.1) is 0 Å². The van der Waals surface area contributed by atoms with Crippen LogP contribution in [0, 0.1) is 0 Å². The molecular weight excluding hydrogens is 370 g/mol. The largest absolute Gasteiger partial charge is 0.493 e.